The number of hydrogen-bond acceptors (Lipinski definition) is 6. The summed E-state index contributed by atoms with van der Waals surface area (Å²) in [6.45, 7) is 1.09. The van der Waals surface area contributed by atoms with Crippen LogP contribution in [-0.4, -0.2) is 33.9 Å². The molecule has 31 heavy (non-hydrogen) atoms. The second-order valence-electron chi connectivity index (χ2n) is 7.42. The molecule has 0 unspecified atom stereocenters. The van der Waals surface area contributed by atoms with Crippen LogP contribution in [0.15, 0.2) is 69.0 Å². The molecule has 1 aliphatic heterocycles. The van der Waals surface area contributed by atoms with Gasteiger partial charge in [-0.1, -0.05) is 42.1 Å². The monoisotopic (exact) mass is 435 g/mol. The van der Waals surface area contributed by atoms with Crippen LogP contribution in [-0.2, 0) is 16.1 Å². The highest BCUT2D eigenvalue weighted by molar-refractivity contribution is 7.99. The third-order valence-corrected chi connectivity index (χ3v) is 6.22. The molecule has 7 nitrogen and oxygen atoms in total. The van der Waals surface area contributed by atoms with Crippen molar-refractivity contribution in [1.82, 2.24) is 9.55 Å². The van der Waals surface area contributed by atoms with Crippen molar-refractivity contribution in [2.45, 2.75) is 30.6 Å². The van der Waals surface area contributed by atoms with Crippen LogP contribution in [0, 0.1) is 0 Å². The molecule has 1 fully saturated rings. The maximum atomic E-state index is 13.3. The van der Waals surface area contributed by atoms with Crippen molar-refractivity contribution in [2.75, 3.05) is 17.7 Å². The number of nitrogens with one attached hydrogen (secondary N) is 1. The summed E-state index contributed by atoms with van der Waals surface area (Å²) < 4.78 is 13.1. The molecule has 4 aromatic rings. The molecule has 3 heterocycles. The Bertz CT molecular complexity index is 1290. The first kappa shape index (κ1) is 19.8. The Balaban J connectivity index is 1.48. The van der Waals surface area contributed by atoms with Gasteiger partial charge in [0.2, 0.25) is 11.5 Å². The summed E-state index contributed by atoms with van der Waals surface area (Å²) >= 11 is 1.24. The summed E-state index contributed by atoms with van der Waals surface area (Å²) in [5.74, 6) is -0.0278. The molecular formula is C23H21N3O4S. The van der Waals surface area contributed by atoms with Crippen molar-refractivity contribution in [2.24, 2.45) is 0 Å². The fraction of sp³-hybridized carbons (Fsp3) is 0.261. The van der Waals surface area contributed by atoms with Crippen molar-refractivity contribution in [3.05, 3.63) is 65.0 Å². The molecule has 0 saturated carbocycles. The van der Waals surface area contributed by atoms with E-state index in [0.717, 1.165) is 23.9 Å². The number of ether oxygens (including phenoxy) is 1. The number of carbonyl (C=O) groups excluding carboxylic acids is 1. The van der Waals surface area contributed by atoms with E-state index in [4.69, 9.17) is 14.1 Å². The van der Waals surface area contributed by atoms with Gasteiger partial charge in [0.05, 0.1) is 18.4 Å². The van der Waals surface area contributed by atoms with Crippen molar-refractivity contribution in [3.8, 4) is 0 Å². The predicted molar refractivity (Wildman–Crippen MR) is 121 cm³/mol. The Morgan fingerprint density at radius 1 is 1.16 bits per heavy atom. The largest absolute Gasteiger partial charge is 0.448 e. The number of fused-ring (bicyclic) bond motifs is 3. The molecule has 0 aliphatic carbocycles. The van der Waals surface area contributed by atoms with Gasteiger partial charge < -0.3 is 14.5 Å². The lowest BCUT2D eigenvalue weighted by molar-refractivity contribution is -0.113. The van der Waals surface area contributed by atoms with Gasteiger partial charge in [-0.15, -0.1) is 0 Å². The van der Waals surface area contributed by atoms with E-state index in [9.17, 15) is 9.59 Å². The lowest BCUT2D eigenvalue weighted by Crippen LogP contribution is -2.29. The van der Waals surface area contributed by atoms with Crippen LogP contribution < -0.4 is 10.9 Å². The number of thioether (sulfide) groups is 1. The van der Waals surface area contributed by atoms with Crippen LogP contribution in [0.25, 0.3) is 22.1 Å². The van der Waals surface area contributed by atoms with Gasteiger partial charge in [0.1, 0.15) is 11.1 Å². The van der Waals surface area contributed by atoms with Gasteiger partial charge in [0, 0.05) is 17.7 Å². The van der Waals surface area contributed by atoms with Crippen molar-refractivity contribution >= 4 is 45.4 Å². The first-order valence-corrected chi connectivity index (χ1v) is 11.2. The molecule has 1 saturated heterocycles. The smallest absolute Gasteiger partial charge is 0.297 e. The molecule has 158 valence electrons. The van der Waals surface area contributed by atoms with E-state index in [1.807, 2.05) is 54.6 Å². The number of hydrogen-bond donors (Lipinski definition) is 1. The highest BCUT2D eigenvalue weighted by Crippen LogP contribution is 2.28. The molecule has 1 atom stereocenters. The van der Waals surface area contributed by atoms with E-state index in [2.05, 4.69) is 5.32 Å². The highest BCUT2D eigenvalue weighted by atomic mass is 32.2. The second kappa shape index (κ2) is 8.56. The molecule has 0 radical (unpaired) electrons. The Labute approximate surface area is 182 Å². The van der Waals surface area contributed by atoms with E-state index in [1.165, 1.54) is 11.8 Å². The molecule has 1 amide bonds. The van der Waals surface area contributed by atoms with E-state index in [0.29, 0.717) is 29.4 Å². The number of anilines is 1. The van der Waals surface area contributed by atoms with Gasteiger partial charge in [-0.25, -0.2) is 4.98 Å². The quantitative estimate of drug-likeness (QED) is 0.363. The topological polar surface area (TPSA) is 86.4 Å². The first-order valence-electron chi connectivity index (χ1n) is 10.2. The van der Waals surface area contributed by atoms with Crippen LogP contribution in [0.5, 0.6) is 0 Å². The number of rotatable bonds is 6. The zero-order valence-corrected chi connectivity index (χ0v) is 17.6. The first-order chi connectivity index (χ1) is 15.2. The predicted octanol–water partition coefficient (Wildman–Crippen LogP) is 4.05. The van der Waals surface area contributed by atoms with Crippen LogP contribution in [0.1, 0.15) is 12.8 Å². The lowest BCUT2D eigenvalue weighted by atomic mass is 10.2. The Hall–Kier alpha value is -3.10. The number of amides is 1. The minimum absolute atomic E-state index is 0.0428. The zero-order chi connectivity index (χ0) is 21.2. The third-order valence-electron chi connectivity index (χ3n) is 5.25. The number of nitrogens with zero attached hydrogens (tertiary/aromatic N) is 2. The fourth-order valence-corrected chi connectivity index (χ4v) is 4.57. The van der Waals surface area contributed by atoms with Crippen LogP contribution in [0.3, 0.4) is 0 Å². The van der Waals surface area contributed by atoms with Crippen LogP contribution >= 0.6 is 11.8 Å². The third kappa shape index (κ3) is 4.08. The second-order valence-corrected chi connectivity index (χ2v) is 8.37. The van der Waals surface area contributed by atoms with Crippen LogP contribution in [0.4, 0.5) is 5.69 Å². The molecule has 1 aliphatic rings. The van der Waals surface area contributed by atoms with E-state index in [-0.39, 0.29) is 28.9 Å². The van der Waals surface area contributed by atoms with E-state index < -0.39 is 0 Å². The van der Waals surface area contributed by atoms with Gasteiger partial charge >= 0.3 is 0 Å². The minimum atomic E-state index is -0.248. The molecule has 0 bridgehead atoms. The van der Waals surface area contributed by atoms with Gasteiger partial charge in [0.25, 0.3) is 5.56 Å². The SMILES string of the molecule is O=C(CSc1nc2c(oc3ccccc32)c(=O)n1C[C@@H]1CCCO1)Nc1ccccc1. The van der Waals surface area contributed by atoms with E-state index >= 15 is 0 Å². The summed E-state index contributed by atoms with van der Waals surface area (Å²) in [6.07, 6.45) is 1.82. The summed E-state index contributed by atoms with van der Waals surface area (Å²) in [6, 6.07) is 16.7. The fourth-order valence-electron chi connectivity index (χ4n) is 3.77. The van der Waals surface area contributed by atoms with Gasteiger partial charge in [-0.3, -0.25) is 14.2 Å². The number of furan rings is 1. The average molecular weight is 436 g/mol. The average Bonchev–Trinajstić information content (AvgIpc) is 3.43. The van der Waals surface area contributed by atoms with Gasteiger partial charge in [-0.2, -0.15) is 0 Å². The number of para-hydroxylation sites is 2. The van der Waals surface area contributed by atoms with Crippen molar-refractivity contribution in [1.29, 1.82) is 0 Å². The highest BCUT2D eigenvalue weighted by Gasteiger charge is 2.23. The van der Waals surface area contributed by atoms with Crippen LogP contribution in [0.2, 0.25) is 0 Å². The summed E-state index contributed by atoms with van der Waals surface area (Å²) in [4.78, 5) is 30.5. The molecule has 0 spiro atoms. The summed E-state index contributed by atoms with van der Waals surface area (Å²) in [5.41, 5.74) is 1.86. The number of benzene rings is 2. The molecule has 2 aromatic carbocycles. The molecule has 5 rings (SSSR count). The number of aromatic nitrogens is 2. The number of carbonyl (C=O) groups is 1. The Morgan fingerprint density at radius 3 is 2.77 bits per heavy atom. The maximum absolute atomic E-state index is 13.3. The standard InChI is InChI=1S/C23H21N3O4S/c27-19(24-15-7-2-1-3-8-15)14-31-23-25-20-17-10-4-5-11-18(17)30-21(20)22(28)26(23)13-16-9-6-12-29-16/h1-5,7-8,10-11,16H,6,9,12-14H2,(H,24,27)/t16-/m0/s1. The zero-order valence-electron chi connectivity index (χ0n) is 16.7. The summed E-state index contributed by atoms with van der Waals surface area (Å²) in [5, 5.41) is 4.14. The van der Waals surface area contributed by atoms with Crippen molar-refractivity contribution in [3.63, 3.8) is 0 Å². The maximum Gasteiger partial charge on any atom is 0.297 e. The molecule has 8 heteroatoms. The molecular weight excluding hydrogens is 414 g/mol. The van der Waals surface area contributed by atoms with Crippen molar-refractivity contribution < 1.29 is 13.9 Å². The summed E-state index contributed by atoms with van der Waals surface area (Å²) in [7, 11) is 0. The van der Waals surface area contributed by atoms with Gasteiger partial charge in [0.15, 0.2) is 5.16 Å². The van der Waals surface area contributed by atoms with E-state index in [1.54, 1.807) is 4.57 Å². The Kier molecular flexibility index (Phi) is 5.48. The molecule has 1 N–H and O–H groups in total. The Morgan fingerprint density at radius 2 is 1.97 bits per heavy atom. The normalized spacial score (nSPS) is 16.2. The van der Waals surface area contributed by atoms with Gasteiger partial charge in [-0.05, 0) is 37.1 Å². The minimum Gasteiger partial charge on any atom is -0.448 e. The lowest BCUT2D eigenvalue weighted by Gasteiger charge is -2.15. The molecule has 2 aromatic heterocycles.